The number of ether oxygens (including phenoxy) is 1. The lowest BCUT2D eigenvalue weighted by Crippen LogP contribution is -2.13. The van der Waals surface area contributed by atoms with Crippen molar-refractivity contribution in [2.75, 3.05) is 12.4 Å². The highest BCUT2D eigenvalue weighted by Crippen LogP contribution is 2.22. The molecule has 2 aromatic heterocycles. The number of carbonyl (C=O) groups is 1. The molecule has 6 heteroatoms. The van der Waals surface area contributed by atoms with Gasteiger partial charge in [0.1, 0.15) is 5.69 Å². The largest absolute Gasteiger partial charge is 0.480 e. The fourth-order valence-electron chi connectivity index (χ4n) is 1.40. The molecular formula is C12H10ClN3O2. The van der Waals surface area contributed by atoms with E-state index in [0.717, 1.165) is 0 Å². The predicted molar refractivity (Wildman–Crippen MR) is 68.0 cm³/mol. The van der Waals surface area contributed by atoms with Crippen molar-refractivity contribution in [3.05, 3.63) is 47.4 Å². The van der Waals surface area contributed by atoms with Gasteiger partial charge in [0, 0.05) is 18.6 Å². The summed E-state index contributed by atoms with van der Waals surface area (Å²) in [6.45, 7) is 0. The highest BCUT2D eigenvalue weighted by atomic mass is 35.5. The number of halogens is 1. The third-order valence-electron chi connectivity index (χ3n) is 2.23. The van der Waals surface area contributed by atoms with Gasteiger partial charge in [0.2, 0.25) is 5.88 Å². The molecule has 5 nitrogen and oxygen atoms in total. The summed E-state index contributed by atoms with van der Waals surface area (Å²) in [6, 6.07) is 4.94. The van der Waals surface area contributed by atoms with Crippen molar-refractivity contribution in [3.8, 4) is 5.88 Å². The smallest absolute Gasteiger partial charge is 0.257 e. The second-order valence-corrected chi connectivity index (χ2v) is 3.78. The summed E-state index contributed by atoms with van der Waals surface area (Å²) in [4.78, 5) is 19.8. The van der Waals surface area contributed by atoms with Crippen molar-refractivity contribution >= 4 is 23.2 Å². The Bertz CT molecular complexity index is 575. The van der Waals surface area contributed by atoms with Crippen LogP contribution in [0.1, 0.15) is 10.4 Å². The topological polar surface area (TPSA) is 64.1 Å². The van der Waals surface area contributed by atoms with E-state index in [4.69, 9.17) is 16.3 Å². The molecule has 2 rings (SSSR count). The van der Waals surface area contributed by atoms with Crippen LogP contribution in [0.5, 0.6) is 5.88 Å². The first-order valence-electron chi connectivity index (χ1n) is 5.12. The lowest BCUT2D eigenvalue weighted by Gasteiger charge is -2.09. The van der Waals surface area contributed by atoms with Crippen LogP contribution in [0.25, 0.3) is 0 Å². The van der Waals surface area contributed by atoms with Gasteiger partial charge in [-0.15, -0.1) is 0 Å². The van der Waals surface area contributed by atoms with Crippen molar-refractivity contribution in [3.63, 3.8) is 0 Å². The van der Waals surface area contributed by atoms with E-state index in [2.05, 4.69) is 15.3 Å². The minimum Gasteiger partial charge on any atom is -0.480 e. The van der Waals surface area contributed by atoms with E-state index in [9.17, 15) is 4.79 Å². The molecule has 0 saturated carbocycles. The molecule has 92 valence electrons. The lowest BCUT2D eigenvalue weighted by molar-refractivity contribution is 0.102. The minimum absolute atomic E-state index is 0.290. The Morgan fingerprint density at radius 1 is 1.39 bits per heavy atom. The van der Waals surface area contributed by atoms with Gasteiger partial charge in [-0.3, -0.25) is 9.78 Å². The number of nitrogens with one attached hydrogen (secondary N) is 1. The summed E-state index contributed by atoms with van der Waals surface area (Å²) >= 11 is 5.89. The molecule has 0 spiro atoms. The van der Waals surface area contributed by atoms with Gasteiger partial charge in [-0.05, 0) is 18.2 Å². The molecular weight excluding hydrogens is 254 g/mol. The molecule has 0 aromatic carbocycles. The molecule has 1 amide bonds. The van der Waals surface area contributed by atoms with Crippen LogP contribution in [0.2, 0.25) is 5.02 Å². The highest BCUT2D eigenvalue weighted by molar-refractivity contribution is 6.34. The Hall–Kier alpha value is -2.14. The molecule has 2 aromatic rings. The normalized spacial score (nSPS) is 9.89. The summed E-state index contributed by atoms with van der Waals surface area (Å²) in [5.74, 6) is 0.00438. The number of rotatable bonds is 3. The van der Waals surface area contributed by atoms with E-state index in [1.807, 2.05) is 0 Å². The Labute approximate surface area is 109 Å². The molecule has 18 heavy (non-hydrogen) atoms. The van der Waals surface area contributed by atoms with Crippen LogP contribution in [0.3, 0.4) is 0 Å². The number of pyridine rings is 2. The Balaban J connectivity index is 2.24. The zero-order valence-corrected chi connectivity index (χ0v) is 10.3. The number of amides is 1. The first kappa shape index (κ1) is 12.3. The van der Waals surface area contributed by atoms with Crippen LogP contribution >= 0.6 is 11.6 Å². The van der Waals surface area contributed by atoms with E-state index >= 15 is 0 Å². The molecule has 0 unspecified atom stereocenters. The van der Waals surface area contributed by atoms with Gasteiger partial charge in [0.15, 0.2) is 0 Å². The maximum absolute atomic E-state index is 12.0. The number of nitrogens with zero attached hydrogens (tertiary/aromatic N) is 2. The number of methoxy groups -OCH3 is 1. The first-order valence-corrected chi connectivity index (χ1v) is 5.50. The summed E-state index contributed by atoms with van der Waals surface area (Å²) < 4.78 is 5.04. The van der Waals surface area contributed by atoms with Crippen molar-refractivity contribution in [1.29, 1.82) is 0 Å². The van der Waals surface area contributed by atoms with Crippen molar-refractivity contribution in [2.45, 2.75) is 0 Å². The first-order chi connectivity index (χ1) is 8.72. The lowest BCUT2D eigenvalue weighted by atomic mass is 10.2. The number of aromatic nitrogens is 2. The number of hydrogen-bond acceptors (Lipinski definition) is 4. The summed E-state index contributed by atoms with van der Waals surface area (Å²) in [5, 5.41) is 2.97. The molecule has 0 aliphatic carbocycles. The van der Waals surface area contributed by atoms with Crippen LogP contribution in [-0.4, -0.2) is 23.0 Å². The third-order valence-corrected chi connectivity index (χ3v) is 2.53. The van der Waals surface area contributed by atoms with E-state index in [1.54, 1.807) is 24.4 Å². The maximum Gasteiger partial charge on any atom is 0.257 e. The van der Waals surface area contributed by atoms with Gasteiger partial charge in [0.05, 0.1) is 17.7 Å². The predicted octanol–water partition coefficient (Wildman–Crippen LogP) is 2.39. The zero-order valence-electron chi connectivity index (χ0n) is 9.55. The molecule has 2 heterocycles. The van der Waals surface area contributed by atoms with Gasteiger partial charge in [-0.2, -0.15) is 0 Å². The van der Waals surface area contributed by atoms with E-state index in [1.165, 1.54) is 19.5 Å². The summed E-state index contributed by atoms with van der Waals surface area (Å²) in [6.07, 6.45) is 4.49. The van der Waals surface area contributed by atoms with E-state index in [0.29, 0.717) is 17.1 Å². The quantitative estimate of drug-likeness (QED) is 0.923. The maximum atomic E-state index is 12.0. The molecule has 0 fully saturated rings. The fraction of sp³-hybridized carbons (Fsp3) is 0.0833. The summed E-state index contributed by atoms with van der Waals surface area (Å²) in [7, 11) is 1.48. The SMILES string of the molecule is COc1ncccc1NC(=O)c1ccncc1Cl. The number of carbonyl (C=O) groups excluding carboxylic acids is 1. The fourth-order valence-corrected chi connectivity index (χ4v) is 1.60. The number of hydrogen-bond donors (Lipinski definition) is 1. The van der Waals surface area contributed by atoms with Crippen molar-refractivity contribution in [2.24, 2.45) is 0 Å². The highest BCUT2D eigenvalue weighted by Gasteiger charge is 2.12. The monoisotopic (exact) mass is 263 g/mol. The average Bonchev–Trinajstić information content (AvgIpc) is 2.39. The standard InChI is InChI=1S/C12H10ClN3O2/c1-18-12-10(3-2-5-15-12)16-11(17)8-4-6-14-7-9(8)13/h2-7H,1H3,(H,16,17). The van der Waals surface area contributed by atoms with Crippen LogP contribution in [0.4, 0.5) is 5.69 Å². The molecule has 0 aliphatic heterocycles. The second-order valence-electron chi connectivity index (χ2n) is 3.37. The van der Waals surface area contributed by atoms with E-state index < -0.39 is 0 Å². The van der Waals surface area contributed by atoms with Crippen LogP contribution in [0, 0.1) is 0 Å². The molecule has 0 bridgehead atoms. The third kappa shape index (κ3) is 2.57. The molecule has 0 atom stereocenters. The van der Waals surface area contributed by atoms with Crippen LogP contribution in [-0.2, 0) is 0 Å². The Morgan fingerprint density at radius 2 is 2.22 bits per heavy atom. The van der Waals surface area contributed by atoms with Gasteiger partial charge in [-0.1, -0.05) is 11.6 Å². The number of anilines is 1. The average molecular weight is 264 g/mol. The second kappa shape index (κ2) is 5.46. The van der Waals surface area contributed by atoms with Gasteiger partial charge in [0.25, 0.3) is 5.91 Å². The van der Waals surface area contributed by atoms with Gasteiger partial charge in [-0.25, -0.2) is 4.98 Å². The molecule has 0 saturated heterocycles. The summed E-state index contributed by atoms with van der Waals surface area (Å²) in [5.41, 5.74) is 0.829. The van der Waals surface area contributed by atoms with Crippen LogP contribution < -0.4 is 10.1 Å². The molecule has 0 aliphatic rings. The minimum atomic E-state index is -0.339. The molecule has 0 radical (unpaired) electrons. The zero-order chi connectivity index (χ0) is 13.0. The van der Waals surface area contributed by atoms with Crippen LogP contribution in [0.15, 0.2) is 36.8 Å². The van der Waals surface area contributed by atoms with Crippen molar-refractivity contribution < 1.29 is 9.53 Å². The van der Waals surface area contributed by atoms with Gasteiger partial charge < -0.3 is 10.1 Å². The van der Waals surface area contributed by atoms with Gasteiger partial charge >= 0.3 is 0 Å². The Kier molecular flexibility index (Phi) is 3.74. The van der Waals surface area contributed by atoms with E-state index in [-0.39, 0.29) is 10.9 Å². The Morgan fingerprint density at radius 3 is 2.94 bits per heavy atom. The van der Waals surface area contributed by atoms with Crippen molar-refractivity contribution in [1.82, 2.24) is 9.97 Å². The molecule has 1 N–H and O–H groups in total.